The number of hydrogen-bond acceptors (Lipinski definition) is 7. The van der Waals surface area contributed by atoms with Crippen molar-refractivity contribution in [1.82, 2.24) is 19.1 Å². The van der Waals surface area contributed by atoms with Gasteiger partial charge in [0, 0.05) is 24.0 Å². The third-order valence-corrected chi connectivity index (χ3v) is 5.12. The highest BCUT2D eigenvalue weighted by Gasteiger charge is 2.26. The summed E-state index contributed by atoms with van der Waals surface area (Å²) in [5.41, 5.74) is -1.11. The van der Waals surface area contributed by atoms with Crippen molar-refractivity contribution in [2.75, 3.05) is 6.61 Å². The summed E-state index contributed by atoms with van der Waals surface area (Å²) >= 11 is 0. The van der Waals surface area contributed by atoms with E-state index in [2.05, 4.69) is 9.97 Å². The van der Waals surface area contributed by atoms with Crippen LogP contribution in [0.4, 0.5) is 0 Å². The molecule has 0 aliphatic carbocycles. The van der Waals surface area contributed by atoms with Gasteiger partial charge in [0.15, 0.2) is 0 Å². The minimum atomic E-state index is -0.480. The first-order chi connectivity index (χ1) is 14.3. The third kappa shape index (κ3) is 5.04. The Balaban J connectivity index is 0.000000171. The molecule has 0 bridgehead atoms. The van der Waals surface area contributed by atoms with E-state index in [1.807, 2.05) is 6.92 Å². The fourth-order valence-electron chi connectivity index (χ4n) is 3.47. The minimum absolute atomic E-state index is 0.0470. The average Bonchev–Trinajstić information content (AvgIpc) is 3.34. The summed E-state index contributed by atoms with van der Waals surface area (Å²) in [6.45, 7) is 3.60. The van der Waals surface area contributed by atoms with Crippen LogP contribution in [-0.2, 0) is 9.47 Å². The summed E-state index contributed by atoms with van der Waals surface area (Å²) in [6, 6.07) is 1.27. The molecule has 2 aliphatic rings. The quantitative estimate of drug-likeness (QED) is 0.617. The predicted octanol–water partition coefficient (Wildman–Crippen LogP) is -0.251. The van der Waals surface area contributed by atoms with Crippen LogP contribution in [0.1, 0.15) is 50.6 Å². The van der Waals surface area contributed by atoms with Gasteiger partial charge >= 0.3 is 11.4 Å². The highest BCUT2D eigenvalue weighted by atomic mass is 16.5. The van der Waals surface area contributed by atoms with Gasteiger partial charge in [-0.1, -0.05) is 0 Å². The molecule has 0 spiro atoms. The van der Waals surface area contributed by atoms with E-state index in [1.54, 1.807) is 13.1 Å². The van der Waals surface area contributed by atoms with E-state index in [1.165, 1.54) is 21.4 Å². The van der Waals surface area contributed by atoms with Gasteiger partial charge in [0.1, 0.15) is 12.5 Å². The lowest BCUT2D eigenvalue weighted by Crippen LogP contribution is -2.33. The topological polar surface area (TPSA) is 148 Å². The lowest BCUT2D eigenvalue weighted by molar-refractivity contribution is -0.0246. The number of aromatic nitrogens is 4. The Labute approximate surface area is 170 Å². The van der Waals surface area contributed by atoms with Crippen molar-refractivity contribution in [3.8, 4) is 0 Å². The van der Waals surface area contributed by atoms with Gasteiger partial charge in [-0.2, -0.15) is 0 Å². The van der Waals surface area contributed by atoms with Crippen LogP contribution >= 0.6 is 0 Å². The maximum Gasteiger partial charge on any atom is 0.330 e. The monoisotopic (exact) mass is 422 g/mol. The van der Waals surface area contributed by atoms with Crippen molar-refractivity contribution in [3.63, 3.8) is 0 Å². The molecule has 2 aliphatic heterocycles. The molecule has 2 aromatic rings. The SMILES string of the molecule is Cc1cn([C@H]2CC[C@@H](C)O2)c(=O)[nH]c1=O.O=c1ccn([C@H]2CC[C@@H](CO)O2)c(=O)[nH]1. The summed E-state index contributed by atoms with van der Waals surface area (Å²) < 4.78 is 13.8. The van der Waals surface area contributed by atoms with E-state index < -0.39 is 16.9 Å². The van der Waals surface area contributed by atoms with E-state index in [0.717, 1.165) is 12.8 Å². The molecule has 4 rings (SSSR count). The zero-order valence-corrected chi connectivity index (χ0v) is 16.9. The third-order valence-electron chi connectivity index (χ3n) is 5.12. The summed E-state index contributed by atoms with van der Waals surface area (Å²) in [6.07, 6.45) is 5.44. The van der Waals surface area contributed by atoms with Gasteiger partial charge in [-0.15, -0.1) is 0 Å². The number of rotatable bonds is 3. The van der Waals surface area contributed by atoms with Crippen molar-refractivity contribution in [2.45, 2.75) is 64.2 Å². The van der Waals surface area contributed by atoms with Crippen molar-refractivity contribution >= 4 is 0 Å². The van der Waals surface area contributed by atoms with Crippen molar-refractivity contribution < 1.29 is 14.6 Å². The molecule has 11 nitrogen and oxygen atoms in total. The van der Waals surface area contributed by atoms with Crippen LogP contribution in [0.5, 0.6) is 0 Å². The summed E-state index contributed by atoms with van der Waals surface area (Å²) in [7, 11) is 0. The largest absolute Gasteiger partial charge is 0.394 e. The summed E-state index contributed by atoms with van der Waals surface area (Å²) in [5, 5.41) is 8.87. The Morgan fingerprint density at radius 1 is 1.00 bits per heavy atom. The van der Waals surface area contributed by atoms with Crippen molar-refractivity contribution in [3.05, 3.63) is 65.7 Å². The summed E-state index contributed by atoms with van der Waals surface area (Å²) in [4.78, 5) is 49.3. The van der Waals surface area contributed by atoms with Crippen LogP contribution in [0.2, 0.25) is 0 Å². The number of nitrogens with one attached hydrogen (secondary N) is 2. The smallest absolute Gasteiger partial charge is 0.330 e. The normalized spacial score (nSPS) is 25.7. The Kier molecular flexibility index (Phi) is 6.85. The fraction of sp³-hybridized carbons (Fsp3) is 0.579. The number of aromatic amines is 2. The number of aliphatic hydroxyl groups is 1. The van der Waals surface area contributed by atoms with Gasteiger partial charge in [-0.05, 0) is 39.5 Å². The van der Waals surface area contributed by atoms with Gasteiger partial charge in [-0.25, -0.2) is 9.59 Å². The van der Waals surface area contributed by atoms with E-state index in [9.17, 15) is 19.2 Å². The van der Waals surface area contributed by atoms with Crippen LogP contribution in [0.3, 0.4) is 0 Å². The standard InChI is InChI=1S/C10H14N2O3.C9H12N2O4/c1-6-5-12(10(14)11-9(6)13)8-4-3-7(2)15-8;12-5-6-1-2-8(15-6)11-4-3-7(13)10-9(11)14/h5,7-8H,3-4H2,1-2H3,(H,11,13,14);3-4,6,8,12H,1-2,5H2,(H,10,13,14)/t7-,8-;6-,8+/m10/s1. The highest BCUT2D eigenvalue weighted by molar-refractivity contribution is 5.01. The molecule has 2 aromatic heterocycles. The Bertz CT molecular complexity index is 1100. The maximum atomic E-state index is 11.5. The Morgan fingerprint density at radius 2 is 1.67 bits per heavy atom. The fourth-order valence-corrected chi connectivity index (χ4v) is 3.47. The second-order valence-corrected chi connectivity index (χ2v) is 7.45. The van der Waals surface area contributed by atoms with E-state index in [4.69, 9.17) is 14.6 Å². The van der Waals surface area contributed by atoms with Crippen LogP contribution < -0.4 is 22.5 Å². The molecule has 4 atom stereocenters. The molecule has 0 amide bonds. The molecule has 0 saturated carbocycles. The molecular weight excluding hydrogens is 396 g/mol. The van der Waals surface area contributed by atoms with Gasteiger partial charge in [0.25, 0.3) is 11.1 Å². The van der Waals surface area contributed by atoms with E-state index in [0.29, 0.717) is 18.4 Å². The number of nitrogens with zero attached hydrogens (tertiary/aromatic N) is 2. The Hall–Kier alpha value is -2.76. The van der Waals surface area contributed by atoms with E-state index >= 15 is 0 Å². The molecule has 0 radical (unpaired) electrons. The minimum Gasteiger partial charge on any atom is -0.394 e. The number of ether oxygens (including phenoxy) is 2. The zero-order chi connectivity index (χ0) is 21.8. The molecule has 164 valence electrons. The van der Waals surface area contributed by atoms with Crippen molar-refractivity contribution in [1.29, 1.82) is 0 Å². The molecule has 3 N–H and O–H groups in total. The molecule has 2 fully saturated rings. The number of aliphatic hydroxyl groups excluding tert-OH is 1. The first-order valence-corrected chi connectivity index (χ1v) is 9.83. The molecule has 2 saturated heterocycles. The van der Waals surface area contributed by atoms with Crippen LogP contribution in [0.25, 0.3) is 0 Å². The van der Waals surface area contributed by atoms with Gasteiger partial charge in [0.05, 0.1) is 18.8 Å². The van der Waals surface area contributed by atoms with Gasteiger partial charge < -0.3 is 14.6 Å². The van der Waals surface area contributed by atoms with Crippen LogP contribution in [-0.4, -0.2) is 43.0 Å². The van der Waals surface area contributed by atoms with E-state index in [-0.39, 0.29) is 36.8 Å². The lowest BCUT2D eigenvalue weighted by Gasteiger charge is -2.14. The number of hydrogen-bond donors (Lipinski definition) is 3. The average molecular weight is 422 g/mol. The molecule has 30 heavy (non-hydrogen) atoms. The number of H-pyrrole nitrogens is 2. The van der Waals surface area contributed by atoms with Crippen LogP contribution in [0.15, 0.2) is 37.6 Å². The molecule has 0 aromatic carbocycles. The second kappa shape index (κ2) is 9.37. The molecular formula is C19H26N4O7. The van der Waals surface area contributed by atoms with Gasteiger partial charge in [0.2, 0.25) is 0 Å². The maximum absolute atomic E-state index is 11.5. The second-order valence-electron chi connectivity index (χ2n) is 7.45. The first kappa shape index (κ1) is 21.9. The zero-order valence-electron chi connectivity index (χ0n) is 16.9. The molecule has 11 heteroatoms. The first-order valence-electron chi connectivity index (χ1n) is 9.83. The summed E-state index contributed by atoms with van der Waals surface area (Å²) in [5.74, 6) is 0. The highest BCUT2D eigenvalue weighted by Crippen LogP contribution is 2.26. The lowest BCUT2D eigenvalue weighted by atomic mass is 10.2. The predicted molar refractivity (Wildman–Crippen MR) is 106 cm³/mol. The van der Waals surface area contributed by atoms with Gasteiger partial charge in [-0.3, -0.25) is 28.7 Å². The van der Waals surface area contributed by atoms with Crippen molar-refractivity contribution in [2.24, 2.45) is 0 Å². The molecule has 0 unspecified atom stereocenters. The molecule has 4 heterocycles. The Morgan fingerprint density at radius 3 is 2.27 bits per heavy atom. The number of aryl methyl sites for hydroxylation is 1. The van der Waals surface area contributed by atoms with Crippen LogP contribution in [0, 0.1) is 6.92 Å².